The second-order valence-corrected chi connectivity index (χ2v) is 5.49. The number of nitrogens with one attached hydrogen (secondary N) is 1. The van der Waals surface area contributed by atoms with Gasteiger partial charge >= 0.3 is 0 Å². The molecule has 0 heterocycles. The Morgan fingerprint density at radius 2 is 1.75 bits per heavy atom. The number of terminal acetylenes is 1. The molecule has 1 heteroatoms. The molecule has 0 spiro atoms. The van der Waals surface area contributed by atoms with E-state index in [0.717, 1.165) is 24.2 Å². The minimum absolute atomic E-state index is 0.700. The summed E-state index contributed by atoms with van der Waals surface area (Å²) in [5.41, 5.74) is 4.65. The molecular weight excluding hydrogens is 242 g/mol. The Bertz CT molecular complexity index is 588. The van der Waals surface area contributed by atoms with Crippen molar-refractivity contribution in [2.45, 2.75) is 26.8 Å². The van der Waals surface area contributed by atoms with Gasteiger partial charge in [-0.1, -0.05) is 50.1 Å². The van der Waals surface area contributed by atoms with Crippen LogP contribution in [-0.4, -0.2) is 0 Å². The van der Waals surface area contributed by atoms with Crippen LogP contribution >= 0.6 is 0 Å². The highest BCUT2D eigenvalue weighted by atomic mass is 14.9. The average molecular weight is 263 g/mol. The number of benzene rings is 2. The van der Waals surface area contributed by atoms with Crippen LogP contribution in [0, 0.1) is 18.3 Å². The highest BCUT2D eigenvalue weighted by Crippen LogP contribution is 2.13. The van der Waals surface area contributed by atoms with Gasteiger partial charge in [0.2, 0.25) is 0 Å². The summed E-state index contributed by atoms with van der Waals surface area (Å²) < 4.78 is 0. The lowest BCUT2D eigenvalue weighted by atomic mass is 10.0. The molecule has 0 aliphatic rings. The van der Waals surface area contributed by atoms with Crippen LogP contribution in [0.25, 0.3) is 0 Å². The maximum atomic E-state index is 5.40. The molecule has 0 radical (unpaired) electrons. The molecule has 0 atom stereocenters. The van der Waals surface area contributed by atoms with Crippen LogP contribution in [0.1, 0.15) is 30.5 Å². The highest BCUT2D eigenvalue weighted by Gasteiger charge is 1.99. The highest BCUT2D eigenvalue weighted by molar-refractivity contribution is 5.50. The van der Waals surface area contributed by atoms with Crippen molar-refractivity contribution < 1.29 is 0 Å². The molecule has 0 aromatic heterocycles. The molecule has 0 fully saturated rings. The lowest BCUT2D eigenvalue weighted by molar-refractivity contribution is 0.647. The average Bonchev–Trinajstić information content (AvgIpc) is 2.46. The van der Waals surface area contributed by atoms with Gasteiger partial charge in [0.25, 0.3) is 0 Å². The summed E-state index contributed by atoms with van der Waals surface area (Å²) in [6, 6.07) is 16.8. The Hall–Kier alpha value is -2.20. The van der Waals surface area contributed by atoms with Crippen LogP contribution in [0.3, 0.4) is 0 Å². The van der Waals surface area contributed by atoms with Crippen molar-refractivity contribution in [3.8, 4) is 12.3 Å². The first kappa shape index (κ1) is 14.2. The van der Waals surface area contributed by atoms with Gasteiger partial charge < -0.3 is 5.32 Å². The summed E-state index contributed by atoms with van der Waals surface area (Å²) in [5, 5.41) is 3.40. The third-order valence-corrected chi connectivity index (χ3v) is 3.19. The molecule has 0 saturated heterocycles. The lowest BCUT2D eigenvalue weighted by Crippen LogP contribution is -2.00. The Morgan fingerprint density at radius 3 is 2.40 bits per heavy atom. The molecular formula is C19H21N. The van der Waals surface area contributed by atoms with E-state index < -0.39 is 0 Å². The van der Waals surface area contributed by atoms with Crippen molar-refractivity contribution in [2.24, 2.45) is 5.92 Å². The minimum atomic E-state index is 0.700. The van der Waals surface area contributed by atoms with E-state index in [4.69, 9.17) is 6.42 Å². The van der Waals surface area contributed by atoms with E-state index in [-0.39, 0.29) is 0 Å². The zero-order valence-corrected chi connectivity index (χ0v) is 12.2. The number of rotatable bonds is 5. The first-order valence-electron chi connectivity index (χ1n) is 7.06. The SMILES string of the molecule is C#Cc1cccc(NCc2ccc(CC(C)C)cc2)c1. The summed E-state index contributed by atoms with van der Waals surface area (Å²) in [5.74, 6) is 3.35. The predicted octanol–water partition coefficient (Wildman–Crippen LogP) is 4.48. The van der Waals surface area contributed by atoms with Crippen LogP contribution in [-0.2, 0) is 13.0 Å². The minimum Gasteiger partial charge on any atom is -0.381 e. The van der Waals surface area contributed by atoms with Gasteiger partial charge in [0.05, 0.1) is 0 Å². The first-order chi connectivity index (χ1) is 9.67. The predicted molar refractivity (Wildman–Crippen MR) is 86.7 cm³/mol. The molecule has 0 saturated carbocycles. The monoisotopic (exact) mass is 263 g/mol. The second-order valence-electron chi connectivity index (χ2n) is 5.49. The van der Waals surface area contributed by atoms with Crippen molar-refractivity contribution in [2.75, 3.05) is 5.32 Å². The number of anilines is 1. The molecule has 2 aromatic carbocycles. The fourth-order valence-corrected chi connectivity index (χ4v) is 2.19. The van der Waals surface area contributed by atoms with E-state index in [2.05, 4.69) is 49.4 Å². The summed E-state index contributed by atoms with van der Waals surface area (Å²) in [4.78, 5) is 0. The summed E-state index contributed by atoms with van der Waals surface area (Å²) in [6.45, 7) is 5.30. The van der Waals surface area contributed by atoms with Crippen molar-refractivity contribution >= 4 is 5.69 Å². The molecule has 2 rings (SSSR count). The zero-order chi connectivity index (χ0) is 14.4. The Morgan fingerprint density at radius 1 is 1.05 bits per heavy atom. The molecule has 2 aromatic rings. The quantitative estimate of drug-likeness (QED) is 0.784. The molecule has 0 aliphatic heterocycles. The summed E-state index contributed by atoms with van der Waals surface area (Å²) >= 11 is 0. The third-order valence-electron chi connectivity index (χ3n) is 3.19. The maximum absolute atomic E-state index is 5.40. The van der Waals surface area contributed by atoms with Crippen LogP contribution in [0.15, 0.2) is 48.5 Å². The normalized spacial score (nSPS) is 10.3. The smallest absolute Gasteiger partial charge is 0.0400 e. The van der Waals surface area contributed by atoms with Crippen LogP contribution < -0.4 is 5.32 Å². The standard InChI is InChI=1S/C19H21N/c1-4-16-6-5-7-19(13-16)20-14-18-10-8-17(9-11-18)12-15(2)3/h1,5-11,13,15,20H,12,14H2,2-3H3. The van der Waals surface area contributed by atoms with E-state index in [9.17, 15) is 0 Å². The molecule has 20 heavy (non-hydrogen) atoms. The second kappa shape index (κ2) is 6.82. The first-order valence-corrected chi connectivity index (χ1v) is 7.06. The van der Waals surface area contributed by atoms with Crippen molar-refractivity contribution in [1.82, 2.24) is 0 Å². The van der Waals surface area contributed by atoms with E-state index >= 15 is 0 Å². The fraction of sp³-hybridized carbons (Fsp3) is 0.263. The van der Waals surface area contributed by atoms with Gasteiger partial charge in [0.1, 0.15) is 0 Å². The lowest BCUT2D eigenvalue weighted by Gasteiger charge is -2.09. The van der Waals surface area contributed by atoms with Crippen molar-refractivity contribution in [3.05, 3.63) is 65.2 Å². The van der Waals surface area contributed by atoms with E-state index in [1.165, 1.54) is 11.1 Å². The Balaban J connectivity index is 1.95. The van der Waals surface area contributed by atoms with Crippen LogP contribution in [0.5, 0.6) is 0 Å². The molecule has 0 amide bonds. The van der Waals surface area contributed by atoms with Gasteiger partial charge in [0, 0.05) is 17.8 Å². The molecule has 1 nitrogen and oxygen atoms in total. The number of hydrogen-bond donors (Lipinski definition) is 1. The largest absolute Gasteiger partial charge is 0.381 e. The van der Waals surface area contributed by atoms with Gasteiger partial charge in [-0.15, -0.1) is 6.42 Å². The van der Waals surface area contributed by atoms with Gasteiger partial charge in [-0.25, -0.2) is 0 Å². The summed E-state index contributed by atoms with van der Waals surface area (Å²) in [7, 11) is 0. The zero-order valence-electron chi connectivity index (χ0n) is 12.2. The molecule has 1 N–H and O–H groups in total. The Kier molecular flexibility index (Phi) is 4.85. The topological polar surface area (TPSA) is 12.0 Å². The summed E-state index contributed by atoms with van der Waals surface area (Å²) in [6.07, 6.45) is 6.54. The van der Waals surface area contributed by atoms with Gasteiger partial charge in [-0.2, -0.15) is 0 Å². The molecule has 0 bridgehead atoms. The third kappa shape index (κ3) is 4.17. The fourth-order valence-electron chi connectivity index (χ4n) is 2.19. The number of hydrogen-bond acceptors (Lipinski definition) is 1. The van der Waals surface area contributed by atoms with E-state index in [0.29, 0.717) is 5.92 Å². The molecule has 0 aliphatic carbocycles. The van der Waals surface area contributed by atoms with Crippen molar-refractivity contribution in [3.63, 3.8) is 0 Å². The Labute approximate surface area is 122 Å². The molecule has 0 unspecified atom stereocenters. The van der Waals surface area contributed by atoms with E-state index in [1.807, 2.05) is 24.3 Å². The van der Waals surface area contributed by atoms with Crippen molar-refractivity contribution in [1.29, 1.82) is 0 Å². The molecule has 102 valence electrons. The van der Waals surface area contributed by atoms with Gasteiger partial charge in [0.15, 0.2) is 0 Å². The van der Waals surface area contributed by atoms with Gasteiger partial charge in [-0.3, -0.25) is 0 Å². The maximum Gasteiger partial charge on any atom is 0.0400 e. The van der Waals surface area contributed by atoms with Gasteiger partial charge in [-0.05, 0) is 41.7 Å². The van der Waals surface area contributed by atoms with E-state index in [1.54, 1.807) is 0 Å². The van der Waals surface area contributed by atoms with Crippen LogP contribution in [0.4, 0.5) is 5.69 Å². The van der Waals surface area contributed by atoms with Crippen LogP contribution in [0.2, 0.25) is 0 Å².